The summed E-state index contributed by atoms with van der Waals surface area (Å²) < 4.78 is 32.0. The van der Waals surface area contributed by atoms with Crippen molar-refractivity contribution in [3.05, 3.63) is 29.8 Å². The Morgan fingerprint density at radius 3 is 2.86 bits per heavy atom. The molecule has 0 heterocycles. The van der Waals surface area contributed by atoms with Crippen LogP contribution in [0.15, 0.2) is 24.3 Å². The maximum atomic E-state index is 11.8. The van der Waals surface area contributed by atoms with Gasteiger partial charge in [-0.1, -0.05) is 12.1 Å². The normalized spacial score (nSPS) is 16.7. The fourth-order valence-electron chi connectivity index (χ4n) is 2.02. The maximum Gasteiger partial charge on any atom is 0.212 e. The number of hydrogen-bond donors (Lipinski definition) is 2. The van der Waals surface area contributed by atoms with Gasteiger partial charge in [-0.3, -0.25) is 0 Å². The van der Waals surface area contributed by atoms with Crippen molar-refractivity contribution in [3.8, 4) is 5.75 Å². The third kappa shape index (κ3) is 5.65. The van der Waals surface area contributed by atoms with Crippen LogP contribution in [0.1, 0.15) is 37.8 Å². The van der Waals surface area contributed by atoms with E-state index in [4.69, 9.17) is 9.84 Å². The van der Waals surface area contributed by atoms with Gasteiger partial charge in [0.1, 0.15) is 5.75 Å². The van der Waals surface area contributed by atoms with E-state index in [1.54, 1.807) is 6.92 Å². The van der Waals surface area contributed by atoms with E-state index in [9.17, 15) is 8.42 Å². The van der Waals surface area contributed by atoms with Crippen molar-refractivity contribution in [2.45, 2.75) is 32.2 Å². The lowest BCUT2D eigenvalue weighted by atomic mass is 10.1. The van der Waals surface area contributed by atoms with E-state index in [0.29, 0.717) is 5.92 Å². The lowest BCUT2D eigenvalue weighted by Crippen LogP contribution is -2.29. The summed E-state index contributed by atoms with van der Waals surface area (Å²) >= 11 is 0. The summed E-state index contributed by atoms with van der Waals surface area (Å²) in [6.45, 7) is 2.41. The molecule has 21 heavy (non-hydrogen) atoms. The lowest BCUT2D eigenvalue weighted by molar-refractivity contribution is 0.295. The number of sulfonamides is 1. The Labute approximate surface area is 126 Å². The lowest BCUT2D eigenvalue weighted by Gasteiger charge is -2.15. The summed E-state index contributed by atoms with van der Waals surface area (Å²) in [6, 6.07) is 7.19. The van der Waals surface area contributed by atoms with Gasteiger partial charge in [0.25, 0.3) is 0 Å². The molecule has 2 N–H and O–H groups in total. The Kier molecular flexibility index (Phi) is 5.61. The SMILES string of the molecule is CC(NS(=O)(=O)CCCO)c1cccc(OCC2CC2)c1. The van der Waals surface area contributed by atoms with Crippen molar-refractivity contribution < 1.29 is 18.3 Å². The quantitative estimate of drug-likeness (QED) is 0.729. The van der Waals surface area contributed by atoms with E-state index in [1.807, 2.05) is 24.3 Å². The number of hydrogen-bond acceptors (Lipinski definition) is 4. The summed E-state index contributed by atoms with van der Waals surface area (Å²) in [5.74, 6) is 1.40. The van der Waals surface area contributed by atoms with Gasteiger partial charge < -0.3 is 9.84 Å². The second kappa shape index (κ2) is 7.24. The topological polar surface area (TPSA) is 75.6 Å². The minimum atomic E-state index is -3.37. The molecule has 1 aliphatic rings. The molecular weight excluding hydrogens is 290 g/mol. The highest BCUT2D eigenvalue weighted by Crippen LogP contribution is 2.30. The second-order valence-electron chi connectivity index (χ2n) is 5.56. The van der Waals surface area contributed by atoms with Gasteiger partial charge in [0.15, 0.2) is 0 Å². The van der Waals surface area contributed by atoms with Crippen molar-refractivity contribution in [2.75, 3.05) is 19.0 Å². The average Bonchev–Trinajstić information content (AvgIpc) is 3.27. The van der Waals surface area contributed by atoms with E-state index in [2.05, 4.69) is 4.72 Å². The van der Waals surface area contributed by atoms with Gasteiger partial charge in [0, 0.05) is 12.6 Å². The Balaban J connectivity index is 1.94. The van der Waals surface area contributed by atoms with Crippen LogP contribution in [-0.2, 0) is 10.0 Å². The maximum absolute atomic E-state index is 11.8. The third-order valence-electron chi connectivity index (χ3n) is 3.47. The number of nitrogens with one attached hydrogen (secondary N) is 1. The number of aliphatic hydroxyl groups excluding tert-OH is 1. The van der Waals surface area contributed by atoms with Crippen molar-refractivity contribution in [1.82, 2.24) is 4.72 Å². The van der Waals surface area contributed by atoms with Gasteiger partial charge in [-0.2, -0.15) is 0 Å². The molecule has 0 spiro atoms. The van der Waals surface area contributed by atoms with Crippen LogP contribution < -0.4 is 9.46 Å². The molecule has 1 fully saturated rings. The molecule has 1 atom stereocenters. The summed E-state index contributed by atoms with van der Waals surface area (Å²) in [5.41, 5.74) is 0.871. The Morgan fingerprint density at radius 1 is 1.43 bits per heavy atom. The van der Waals surface area contributed by atoms with Gasteiger partial charge in [0.05, 0.1) is 12.4 Å². The first-order chi connectivity index (χ1) is 10.00. The van der Waals surface area contributed by atoms with Crippen LogP contribution in [0.3, 0.4) is 0 Å². The van der Waals surface area contributed by atoms with Gasteiger partial charge in [0.2, 0.25) is 10.0 Å². The first-order valence-electron chi connectivity index (χ1n) is 7.34. The number of ether oxygens (including phenoxy) is 1. The molecule has 5 nitrogen and oxygen atoms in total. The molecule has 1 saturated carbocycles. The minimum absolute atomic E-state index is 0.0638. The molecule has 0 aromatic heterocycles. The van der Waals surface area contributed by atoms with Crippen LogP contribution in [0.2, 0.25) is 0 Å². The predicted molar refractivity (Wildman–Crippen MR) is 81.7 cm³/mol. The summed E-state index contributed by atoms with van der Waals surface area (Å²) in [6.07, 6.45) is 2.72. The van der Waals surface area contributed by atoms with E-state index in [0.717, 1.165) is 17.9 Å². The molecule has 1 aromatic carbocycles. The molecule has 0 saturated heterocycles. The van der Waals surface area contributed by atoms with Crippen LogP contribution in [0, 0.1) is 5.92 Å². The first-order valence-corrected chi connectivity index (χ1v) is 8.99. The monoisotopic (exact) mass is 313 g/mol. The molecule has 1 aliphatic carbocycles. The van der Waals surface area contributed by atoms with E-state index in [1.165, 1.54) is 12.8 Å². The van der Waals surface area contributed by atoms with E-state index >= 15 is 0 Å². The zero-order chi connectivity index (χ0) is 15.3. The average molecular weight is 313 g/mol. The smallest absolute Gasteiger partial charge is 0.212 e. The zero-order valence-corrected chi connectivity index (χ0v) is 13.1. The zero-order valence-electron chi connectivity index (χ0n) is 12.3. The van der Waals surface area contributed by atoms with Crippen LogP contribution in [0.5, 0.6) is 5.75 Å². The molecule has 118 valence electrons. The molecule has 0 amide bonds. The largest absolute Gasteiger partial charge is 0.493 e. The molecule has 6 heteroatoms. The Morgan fingerprint density at radius 2 is 2.19 bits per heavy atom. The third-order valence-corrected chi connectivity index (χ3v) is 5.01. The van der Waals surface area contributed by atoms with Gasteiger partial charge in [-0.05, 0) is 49.8 Å². The highest BCUT2D eigenvalue weighted by molar-refractivity contribution is 7.89. The van der Waals surface area contributed by atoms with E-state index in [-0.39, 0.29) is 24.8 Å². The fraction of sp³-hybridized carbons (Fsp3) is 0.600. The number of aliphatic hydroxyl groups is 1. The van der Waals surface area contributed by atoms with E-state index < -0.39 is 10.0 Å². The Hall–Kier alpha value is -1.11. The van der Waals surface area contributed by atoms with Gasteiger partial charge in [-0.25, -0.2) is 13.1 Å². The molecular formula is C15H23NO4S. The van der Waals surface area contributed by atoms with Crippen LogP contribution in [0.25, 0.3) is 0 Å². The summed E-state index contributed by atoms with van der Waals surface area (Å²) in [5, 5.41) is 8.72. The minimum Gasteiger partial charge on any atom is -0.493 e. The molecule has 1 aromatic rings. The van der Waals surface area contributed by atoms with Crippen LogP contribution in [-0.4, -0.2) is 32.5 Å². The second-order valence-corrected chi connectivity index (χ2v) is 7.44. The standard InChI is InChI=1S/C15H23NO4S/c1-12(16-21(18,19)9-3-8-17)14-4-2-5-15(10-14)20-11-13-6-7-13/h2,4-5,10,12-13,16-17H,3,6-9,11H2,1H3. The molecule has 1 unspecified atom stereocenters. The van der Waals surface area contributed by atoms with Gasteiger partial charge >= 0.3 is 0 Å². The Bertz CT molecular complexity index is 555. The highest BCUT2D eigenvalue weighted by Gasteiger charge is 2.22. The number of rotatable bonds is 9. The number of benzene rings is 1. The molecule has 0 bridgehead atoms. The van der Waals surface area contributed by atoms with Crippen molar-refractivity contribution in [1.29, 1.82) is 0 Å². The predicted octanol–water partition coefficient (Wildman–Crippen LogP) is 1.84. The van der Waals surface area contributed by atoms with Crippen molar-refractivity contribution in [3.63, 3.8) is 0 Å². The fourth-order valence-corrected chi connectivity index (χ4v) is 3.32. The first kappa shape index (κ1) is 16.3. The molecule has 2 rings (SSSR count). The summed E-state index contributed by atoms with van der Waals surface area (Å²) in [7, 11) is -3.37. The van der Waals surface area contributed by atoms with Crippen LogP contribution >= 0.6 is 0 Å². The summed E-state index contributed by atoms with van der Waals surface area (Å²) in [4.78, 5) is 0. The highest BCUT2D eigenvalue weighted by atomic mass is 32.2. The van der Waals surface area contributed by atoms with Crippen molar-refractivity contribution >= 4 is 10.0 Å². The van der Waals surface area contributed by atoms with Crippen molar-refractivity contribution in [2.24, 2.45) is 5.92 Å². The van der Waals surface area contributed by atoms with Gasteiger partial charge in [-0.15, -0.1) is 0 Å². The molecule has 0 aliphatic heterocycles. The van der Waals surface area contributed by atoms with Crippen LogP contribution in [0.4, 0.5) is 0 Å². The molecule has 0 radical (unpaired) electrons.